The van der Waals surface area contributed by atoms with Crippen molar-refractivity contribution in [3.05, 3.63) is 113 Å². The number of hydrogen-bond donors (Lipinski definition) is 1. The molecule has 8 heteroatoms. The minimum Gasteiger partial charge on any atom is -0.457 e. The number of carbonyl (C=O) groups is 1. The van der Waals surface area contributed by atoms with E-state index in [2.05, 4.69) is 17.4 Å². The van der Waals surface area contributed by atoms with Gasteiger partial charge < -0.3 is 15.0 Å². The molecule has 5 rings (SSSR count). The Morgan fingerprint density at radius 1 is 0.973 bits per heavy atom. The summed E-state index contributed by atoms with van der Waals surface area (Å²) in [6, 6.07) is 27.6. The molecule has 1 aliphatic heterocycles. The SMILES string of the molecule is CC1=C(C(=O)OCc2ccccc2)C(c2ccc(N(C)C)cc2)n2nc(SCc3ccccc3)nc2N1. The molecule has 37 heavy (non-hydrogen) atoms. The Labute approximate surface area is 221 Å². The number of allylic oxidation sites excluding steroid dienone is 1. The zero-order chi connectivity index (χ0) is 25.8. The second kappa shape index (κ2) is 10.9. The normalized spacial score (nSPS) is 14.6. The van der Waals surface area contributed by atoms with Crippen LogP contribution in [0, 0.1) is 0 Å². The Morgan fingerprint density at radius 3 is 2.27 bits per heavy atom. The van der Waals surface area contributed by atoms with E-state index in [0.29, 0.717) is 22.4 Å². The molecule has 1 aliphatic rings. The highest BCUT2D eigenvalue weighted by Gasteiger charge is 2.35. The Morgan fingerprint density at radius 2 is 1.62 bits per heavy atom. The molecule has 0 bridgehead atoms. The van der Waals surface area contributed by atoms with Crippen LogP contribution >= 0.6 is 11.8 Å². The molecule has 7 nitrogen and oxygen atoms in total. The third-order valence-corrected chi connectivity index (χ3v) is 7.11. The number of esters is 1. The standard InChI is InChI=1S/C29H29N5O2S/c1-20-25(27(35)36-18-21-10-6-4-7-11-21)26(23-14-16-24(17-15-23)33(2)3)34-28(30-20)31-29(32-34)37-19-22-12-8-5-9-13-22/h4-17,26H,18-19H2,1-3H3,(H,30,31,32). The van der Waals surface area contributed by atoms with Crippen molar-refractivity contribution in [3.63, 3.8) is 0 Å². The minimum absolute atomic E-state index is 0.200. The Kier molecular flexibility index (Phi) is 7.28. The highest BCUT2D eigenvalue weighted by Crippen LogP contribution is 2.37. The van der Waals surface area contributed by atoms with Crippen molar-refractivity contribution in [2.45, 2.75) is 30.5 Å². The van der Waals surface area contributed by atoms with Crippen molar-refractivity contribution in [1.82, 2.24) is 14.8 Å². The number of ether oxygens (including phenoxy) is 1. The van der Waals surface area contributed by atoms with E-state index in [1.807, 2.05) is 98.7 Å². The summed E-state index contributed by atoms with van der Waals surface area (Å²) in [4.78, 5) is 20.3. The molecule has 1 N–H and O–H groups in total. The van der Waals surface area contributed by atoms with Gasteiger partial charge in [-0.25, -0.2) is 9.48 Å². The molecule has 0 radical (unpaired) electrons. The number of thioether (sulfide) groups is 1. The van der Waals surface area contributed by atoms with E-state index >= 15 is 0 Å². The monoisotopic (exact) mass is 511 g/mol. The zero-order valence-electron chi connectivity index (χ0n) is 21.1. The van der Waals surface area contributed by atoms with Crippen LogP contribution in [0.15, 0.2) is 101 Å². The van der Waals surface area contributed by atoms with Gasteiger partial charge in [0.05, 0.1) is 5.57 Å². The second-order valence-corrected chi connectivity index (χ2v) is 9.99. The van der Waals surface area contributed by atoms with E-state index < -0.39 is 6.04 Å². The maximum atomic E-state index is 13.5. The lowest BCUT2D eigenvalue weighted by molar-refractivity contribution is -0.140. The van der Waals surface area contributed by atoms with Gasteiger partial charge in [0, 0.05) is 31.2 Å². The maximum Gasteiger partial charge on any atom is 0.338 e. The summed E-state index contributed by atoms with van der Waals surface area (Å²) in [5.74, 6) is 0.981. The van der Waals surface area contributed by atoms with Crippen molar-refractivity contribution < 1.29 is 9.53 Å². The summed E-state index contributed by atoms with van der Waals surface area (Å²) in [5.41, 5.74) is 5.37. The molecule has 3 aromatic carbocycles. The maximum absolute atomic E-state index is 13.5. The molecule has 2 heterocycles. The van der Waals surface area contributed by atoms with Crippen molar-refractivity contribution in [3.8, 4) is 0 Å². The summed E-state index contributed by atoms with van der Waals surface area (Å²) >= 11 is 1.56. The van der Waals surface area contributed by atoms with Gasteiger partial charge in [0.1, 0.15) is 12.6 Å². The number of hydrogen-bond acceptors (Lipinski definition) is 7. The van der Waals surface area contributed by atoms with Crippen LogP contribution in [0.1, 0.15) is 29.7 Å². The number of rotatable bonds is 8. The molecule has 0 aliphatic carbocycles. The molecule has 0 amide bonds. The number of benzene rings is 3. The lowest BCUT2D eigenvalue weighted by Crippen LogP contribution is -2.29. The fourth-order valence-electron chi connectivity index (χ4n) is 4.24. The first-order valence-electron chi connectivity index (χ1n) is 12.1. The highest BCUT2D eigenvalue weighted by atomic mass is 32.2. The number of carbonyl (C=O) groups excluding carboxylic acids is 1. The molecular formula is C29H29N5O2S. The van der Waals surface area contributed by atoms with Gasteiger partial charge in [-0.15, -0.1) is 5.10 Å². The van der Waals surface area contributed by atoms with Crippen molar-refractivity contribution in [2.24, 2.45) is 0 Å². The Hall–Kier alpha value is -4.04. The summed E-state index contributed by atoms with van der Waals surface area (Å²) < 4.78 is 7.56. The fraction of sp³-hybridized carbons (Fsp3) is 0.207. The van der Waals surface area contributed by atoms with E-state index in [0.717, 1.165) is 22.6 Å². The van der Waals surface area contributed by atoms with Gasteiger partial charge in [0.25, 0.3) is 0 Å². The summed E-state index contributed by atoms with van der Waals surface area (Å²) in [6.45, 7) is 2.08. The minimum atomic E-state index is -0.464. The van der Waals surface area contributed by atoms with Crippen molar-refractivity contribution in [2.75, 3.05) is 24.3 Å². The number of nitrogens with zero attached hydrogens (tertiary/aromatic N) is 4. The molecule has 1 unspecified atom stereocenters. The summed E-state index contributed by atoms with van der Waals surface area (Å²) in [5, 5.41) is 8.75. The number of aromatic nitrogens is 3. The van der Waals surface area contributed by atoms with Gasteiger partial charge >= 0.3 is 5.97 Å². The van der Waals surface area contributed by atoms with Crippen LogP contribution < -0.4 is 10.2 Å². The molecule has 0 saturated heterocycles. The molecule has 188 valence electrons. The molecule has 0 spiro atoms. The van der Waals surface area contributed by atoms with E-state index in [1.54, 1.807) is 16.4 Å². The third-order valence-electron chi connectivity index (χ3n) is 6.20. The van der Waals surface area contributed by atoms with Crippen molar-refractivity contribution >= 4 is 29.4 Å². The molecular weight excluding hydrogens is 482 g/mol. The lowest BCUT2D eigenvalue weighted by atomic mass is 9.95. The van der Waals surface area contributed by atoms with E-state index in [1.165, 1.54) is 5.56 Å². The first kappa shape index (κ1) is 24.6. The van der Waals surface area contributed by atoms with E-state index in [-0.39, 0.29) is 12.6 Å². The number of fused-ring (bicyclic) bond motifs is 1. The highest BCUT2D eigenvalue weighted by molar-refractivity contribution is 7.98. The number of nitrogens with one attached hydrogen (secondary N) is 1. The predicted octanol–water partition coefficient (Wildman–Crippen LogP) is 5.67. The van der Waals surface area contributed by atoms with Gasteiger partial charge in [-0.3, -0.25) is 0 Å². The van der Waals surface area contributed by atoms with Crippen LogP contribution in [0.4, 0.5) is 11.6 Å². The second-order valence-electron chi connectivity index (χ2n) is 9.05. The van der Waals surface area contributed by atoms with Gasteiger partial charge in [-0.05, 0) is 35.7 Å². The summed E-state index contributed by atoms with van der Waals surface area (Å²) in [6.07, 6.45) is 0. The molecule has 0 fully saturated rings. The Bertz CT molecular complexity index is 1400. The van der Waals surface area contributed by atoms with Crippen LogP contribution in [-0.2, 0) is 21.9 Å². The summed E-state index contributed by atoms with van der Waals surface area (Å²) in [7, 11) is 4.00. The molecule has 1 aromatic heterocycles. The predicted molar refractivity (Wildman–Crippen MR) is 147 cm³/mol. The third kappa shape index (κ3) is 5.54. The van der Waals surface area contributed by atoms with Crippen LogP contribution in [0.25, 0.3) is 0 Å². The molecule has 0 saturated carbocycles. The Balaban J connectivity index is 1.46. The van der Waals surface area contributed by atoms with Crippen LogP contribution in [-0.4, -0.2) is 34.8 Å². The topological polar surface area (TPSA) is 72.3 Å². The first-order chi connectivity index (χ1) is 18.0. The number of anilines is 2. The average molecular weight is 512 g/mol. The fourth-order valence-corrected chi connectivity index (χ4v) is 5.03. The van der Waals surface area contributed by atoms with E-state index in [4.69, 9.17) is 14.8 Å². The van der Waals surface area contributed by atoms with Crippen LogP contribution in [0.3, 0.4) is 0 Å². The van der Waals surface area contributed by atoms with Gasteiger partial charge in [-0.1, -0.05) is 84.6 Å². The smallest absolute Gasteiger partial charge is 0.338 e. The molecule has 4 aromatic rings. The van der Waals surface area contributed by atoms with Crippen LogP contribution in [0.5, 0.6) is 0 Å². The lowest BCUT2D eigenvalue weighted by Gasteiger charge is -2.28. The van der Waals surface area contributed by atoms with Gasteiger partial charge in [0.15, 0.2) is 0 Å². The van der Waals surface area contributed by atoms with Crippen LogP contribution in [0.2, 0.25) is 0 Å². The molecule has 1 atom stereocenters. The average Bonchev–Trinajstić information content (AvgIpc) is 3.33. The van der Waals surface area contributed by atoms with Crippen molar-refractivity contribution in [1.29, 1.82) is 0 Å². The van der Waals surface area contributed by atoms with E-state index in [9.17, 15) is 4.79 Å². The first-order valence-corrected chi connectivity index (χ1v) is 13.1. The zero-order valence-corrected chi connectivity index (χ0v) is 21.9. The largest absolute Gasteiger partial charge is 0.457 e. The van der Waals surface area contributed by atoms with Gasteiger partial charge in [-0.2, -0.15) is 4.98 Å². The quantitative estimate of drug-likeness (QED) is 0.241. The van der Waals surface area contributed by atoms with Gasteiger partial charge in [0.2, 0.25) is 11.1 Å².